The first-order valence-corrected chi connectivity index (χ1v) is 15.9. The Kier molecular flexibility index (Phi) is 8.85. The van der Waals surface area contributed by atoms with Crippen LogP contribution in [0.1, 0.15) is 47.8 Å². The summed E-state index contributed by atoms with van der Waals surface area (Å²) >= 11 is 0. The number of imidazole rings is 1. The number of esters is 1. The number of halogens is 3. The molecule has 2 aromatic carbocycles. The molecule has 1 saturated heterocycles. The smallest absolute Gasteiger partial charge is 0.451 e. The molecule has 1 aliphatic carbocycles. The predicted octanol–water partition coefficient (Wildman–Crippen LogP) is 3.16. The molecule has 4 N–H and O–H groups in total. The van der Waals surface area contributed by atoms with Gasteiger partial charge in [0.15, 0.2) is 28.9 Å². The lowest BCUT2D eigenvalue weighted by atomic mass is 9.91. The molecule has 0 unspecified atom stereocenters. The summed E-state index contributed by atoms with van der Waals surface area (Å²) in [7, 11) is 0. The first-order valence-electron chi connectivity index (χ1n) is 15.9. The molecule has 7 rings (SSSR count). The molecule has 1 aliphatic heterocycles. The topological polar surface area (TPSA) is 170 Å². The van der Waals surface area contributed by atoms with Crippen molar-refractivity contribution in [2.45, 2.75) is 62.2 Å². The molecular weight excluding hydrogens is 643 g/mol. The largest absolute Gasteiger partial charge is 0.490 e. The van der Waals surface area contributed by atoms with Crippen LogP contribution in [0.4, 0.5) is 24.9 Å². The Morgan fingerprint density at radius 2 is 1.80 bits per heavy atom. The van der Waals surface area contributed by atoms with Crippen LogP contribution in [0.25, 0.3) is 11.2 Å². The fraction of sp³-hybridized carbons (Fsp3) is 0.406. The van der Waals surface area contributed by atoms with Crippen molar-refractivity contribution in [1.82, 2.24) is 45.0 Å². The van der Waals surface area contributed by atoms with E-state index in [0.717, 1.165) is 28.9 Å². The number of hydrogen-bond acceptors (Lipinski definition) is 12. The number of aromatic nitrogens is 8. The van der Waals surface area contributed by atoms with Gasteiger partial charge in [0, 0.05) is 25.0 Å². The molecule has 256 valence electrons. The standard InChI is InChI=1S/C32H34F3N11O3/c1-18-42-44-46(43-18)23-14-24(27(26(23)47)49-30(48)32(33,34)35)45-17-38-25-28(40-31(41-29(25)45)39-21-12-13-36-15-21)37-16-22(19-8-4-2-5-9-19)20-10-6-3-7-11-20/h2-11,17,21-24,26-27,36,47H,12-16H2,1H3,(H2,37,39,40,41)/t21-,23-,24+,26+,27-/m0/s1. The summed E-state index contributed by atoms with van der Waals surface area (Å²) in [6, 6.07) is 18.1. The van der Waals surface area contributed by atoms with Crippen molar-refractivity contribution in [2.75, 3.05) is 30.3 Å². The molecule has 5 atom stereocenters. The second-order valence-electron chi connectivity index (χ2n) is 12.2. The van der Waals surface area contributed by atoms with Crippen molar-refractivity contribution in [3.63, 3.8) is 0 Å². The number of carbonyl (C=O) groups is 1. The molecule has 49 heavy (non-hydrogen) atoms. The Bertz CT molecular complexity index is 1860. The van der Waals surface area contributed by atoms with Crippen LogP contribution in [0.5, 0.6) is 0 Å². The SMILES string of the molecule is Cc1nnn([C@H]2C[C@@H](n3cnc4c(NCC(c5ccccc5)c5ccccc5)nc(N[C@H]5CCNC5)nc43)[C@H](OC(=O)C(F)(F)F)[C@@H]2O)n1. The highest BCUT2D eigenvalue weighted by Crippen LogP contribution is 2.42. The third-order valence-electron chi connectivity index (χ3n) is 8.94. The number of aliphatic hydroxyl groups is 1. The van der Waals surface area contributed by atoms with Gasteiger partial charge in [-0.05, 0) is 42.7 Å². The molecule has 4 heterocycles. The molecule has 3 aromatic heterocycles. The summed E-state index contributed by atoms with van der Waals surface area (Å²) < 4.78 is 46.7. The Morgan fingerprint density at radius 1 is 1.08 bits per heavy atom. The number of nitrogens with one attached hydrogen (secondary N) is 3. The van der Waals surface area contributed by atoms with E-state index in [1.807, 2.05) is 36.4 Å². The normalized spacial score (nSPS) is 22.5. The maximum absolute atomic E-state index is 13.4. The summed E-state index contributed by atoms with van der Waals surface area (Å²) in [6.45, 7) is 3.55. The van der Waals surface area contributed by atoms with E-state index in [-0.39, 0.29) is 30.0 Å². The number of carbonyl (C=O) groups excluding carboxylic acids is 1. The number of anilines is 2. The highest BCUT2D eigenvalue weighted by molar-refractivity contribution is 5.84. The number of fused-ring (bicyclic) bond motifs is 1. The van der Waals surface area contributed by atoms with Gasteiger partial charge in [0.25, 0.3) is 0 Å². The lowest BCUT2D eigenvalue weighted by Gasteiger charge is -2.24. The molecule has 5 aromatic rings. The molecule has 0 radical (unpaired) electrons. The lowest BCUT2D eigenvalue weighted by molar-refractivity contribution is -0.210. The van der Waals surface area contributed by atoms with Gasteiger partial charge in [-0.3, -0.25) is 0 Å². The molecule has 17 heteroatoms. The monoisotopic (exact) mass is 677 g/mol. The minimum atomic E-state index is -5.28. The Labute approximate surface area is 278 Å². The van der Waals surface area contributed by atoms with Gasteiger partial charge in [0.2, 0.25) is 5.95 Å². The van der Waals surface area contributed by atoms with Gasteiger partial charge in [-0.25, -0.2) is 9.78 Å². The average molecular weight is 678 g/mol. The minimum absolute atomic E-state index is 0.00953. The van der Waals surface area contributed by atoms with E-state index in [0.29, 0.717) is 30.2 Å². The van der Waals surface area contributed by atoms with Crippen LogP contribution in [0, 0.1) is 6.92 Å². The van der Waals surface area contributed by atoms with Crippen LogP contribution in [-0.2, 0) is 9.53 Å². The number of ether oxygens (including phenoxy) is 1. The zero-order valence-corrected chi connectivity index (χ0v) is 26.3. The van der Waals surface area contributed by atoms with E-state index in [2.05, 4.69) is 60.6 Å². The number of rotatable bonds is 10. The minimum Gasteiger partial charge on any atom is -0.451 e. The number of hydrogen-bond donors (Lipinski definition) is 4. The van der Waals surface area contributed by atoms with Gasteiger partial charge in [-0.15, -0.1) is 10.2 Å². The first-order chi connectivity index (χ1) is 23.7. The van der Waals surface area contributed by atoms with Gasteiger partial charge in [0.1, 0.15) is 12.1 Å². The Balaban J connectivity index is 1.27. The predicted molar refractivity (Wildman–Crippen MR) is 171 cm³/mol. The number of aryl methyl sites for hydroxylation is 1. The fourth-order valence-electron chi connectivity index (χ4n) is 6.55. The number of aliphatic hydroxyl groups excluding tert-OH is 1. The second kappa shape index (κ2) is 13.4. The van der Waals surface area contributed by atoms with Crippen LogP contribution in [0.2, 0.25) is 0 Å². The van der Waals surface area contributed by atoms with Crippen molar-refractivity contribution < 1.29 is 27.8 Å². The number of benzene rings is 2. The van der Waals surface area contributed by atoms with Crippen LogP contribution in [0.15, 0.2) is 67.0 Å². The summed E-state index contributed by atoms with van der Waals surface area (Å²) in [5, 5.41) is 33.3. The van der Waals surface area contributed by atoms with E-state index >= 15 is 0 Å². The van der Waals surface area contributed by atoms with Gasteiger partial charge in [-0.2, -0.15) is 27.9 Å². The zero-order chi connectivity index (χ0) is 34.1. The molecule has 2 fully saturated rings. The summed E-state index contributed by atoms with van der Waals surface area (Å²) in [4.78, 5) is 27.4. The number of alkyl halides is 3. The number of nitrogens with zero attached hydrogens (tertiary/aromatic N) is 8. The molecular formula is C32H34F3N11O3. The lowest BCUT2D eigenvalue weighted by Crippen LogP contribution is -2.39. The van der Waals surface area contributed by atoms with E-state index in [4.69, 9.17) is 14.7 Å². The van der Waals surface area contributed by atoms with Crippen LogP contribution in [-0.4, -0.2) is 94.9 Å². The van der Waals surface area contributed by atoms with Crippen LogP contribution < -0.4 is 16.0 Å². The van der Waals surface area contributed by atoms with E-state index in [1.165, 1.54) is 10.9 Å². The summed E-state index contributed by atoms with van der Waals surface area (Å²) in [5.41, 5.74) is 2.80. The molecule has 14 nitrogen and oxygen atoms in total. The van der Waals surface area contributed by atoms with Crippen molar-refractivity contribution in [3.8, 4) is 0 Å². The molecule has 0 bridgehead atoms. The molecule has 2 aliphatic rings. The highest BCUT2D eigenvalue weighted by Gasteiger charge is 2.52. The first kappa shape index (κ1) is 32.4. The van der Waals surface area contributed by atoms with Crippen molar-refractivity contribution in [2.24, 2.45) is 0 Å². The van der Waals surface area contributed by atoms with Gasteiger partial charge >= 0.3 is 12.1 Å². The fourth-order valence-corrected chi connectivity index (χ4v) is 6.55. The van der Waals surface area contributed by atoms with Crippen molar-refractivity contribution in [3.05, 3.63) is 83.9 Å². The Hall–Kier alpha value is -5.16. The maximum Gasteiger partial charge on any atom is 0.490 e. The quantitative estimate of drug-likeness (QED) is 0.160. The van der Waals surface area contributed by atoms with E-state index in [9.17, 15) is 23.1 Å². The van der Waals surface area contributed by atoms with Gasteiger partial charge < -0.3 is 30.4 Å². The van der Waals surface area contributed by atoms with Crippen LogP contribution in [0.3, 0.4) is 0 Å². The van der Waals surface area contributed by atoms with Gasteiger partial charge in [0.05, 0.1) is 12.4 Å². The third-order valence-corrected chi connectivity index (χ3v) is 8.94. The average Bonchev–Trinajstić information content (AvgIpc) is 3.90. The zero-order valence-electron chi connectivity index (χ0n) is 26.3. The van der Waals surface area contributed by atoms with E-state index in [1.54, 1.807) is 6.92 Å². The highest BCUT2D eigenvalue weighted by atomic mass is 19.4. The van der Waals surface area contributed by atoms with E-state index < -0.39 is 36.4 Å². The molecule has 0 amide bonds. The van der Waals surface area contributed by atoms with Crippen molar-refractivity contribution >= 4 is 28.9 Å². The molecule has 0 spiro atoms. The van der Waals surface area contributed by atoms with Crippen LogP contribution >= 0.6 is 0 Å². The maximum atomic E-state index is 13.4. The molecule has 1 saturated carbocycles. The van der Waals surface area contributed by atoms with Crippen molar-refractivity contribution in [1.29, 1.82) is 0 Å². The summed E-state index contributed by atoms with van der Waals surface area (Å²) in [5.74, 6) is -1.48. The Morgan fingerprint density at radius 3 is 2.41 bits per heavy atom. The summed E-state index contributed by atoms with van der Waals surface area (Å²) in [6.07, 6.45) is -6.27. The van der Waals surface area contributed by atoms with Gasteiger partial charge in [-0.1, -0.05) is 60.7 Å². The number of tetrazole rings is 1. The third kappa shape index (κ3) is 6.76. The second-order valence-corrected chi connectivity index (χ2v) is 12.2.